The van der Waals surface area contributed by atoms with Gasteiger partial charge in [-0.3, -0.25) is 4.79 Å². The molecule has 2 N–H and O–H groups in total. The number of carbonyl (C=O) groups is 1. The van der Waals surface area contributed by atoms with Crippen LogP contribution < -0.4 is 24.4 Å². The number of nitrogens with zero attached hydrogens (tertiary/aromatic N) is 1. The first kappa shape index (κ1) is 20.1. The Hall–Kier alpha value is -3.68. The third-order valence-electron chi connectivity index (χ3n) is 4.25. The molecule has 152 valence electrons. The van der Waals surface area contributed by atoms with Gasteiger partial charge < -0.3 is 23.9 Å². The van der Waals surface area contributed by atoms with Crippen molar-refractivity contribution in [3.05, 3.63) is 47.7 Å². The summed E-state index contributed by atoms with van der Waals surface area (Å²) < 4.78 is 21.5. The topological polar surface area (TPSA) is 94.2 Å². The van der Waals surface area contributed by atoms with Crippen molar-refractivity contribution in [2.24, 2.45) is 5.10 Å². The van der Waals surface area contributed by atoms with E-state index in [4.69, 9.17) is 18.9 Å². The van der Waals surface area contributed by atoms with Crippen LogP contribution in [0.2, 0.25) is 0 Å². The monoisotopic (exact) mass is 397 g/mol. The average molecular weight is 397 g/mol. The summed E-state index contributed by atoms with van der Waals surface area (Å²) in [6, 6.07) is 10.7. The third-order valence-corrected chi connectivity index (χ3v) is 4.25. The van der Waals surface area contributed by atoms with E-state index in [9.17, 15) is 4.79 Å². The predicted molar refractivity (Wildman–Crippen MR) is 111 cm³/mol. The molecule has 8 heteroatoms. The Morgan fingerprint density at radius 1 is 1.03 bits per heavy atom. The van der Waals surface area contributed by atoms with E-state index in [1.807, 2.05) is 19.1 Å². The molecule has 0 aliphatic carbocycles. The van der Waals surface area contributed by atoms with Crippen LogP contribution in [-0.2, 0) is 0 Å². The van der Waals surface area contributed by atoms with E-state index < -0.39 is 0 Å². The van der Waals surface area contributed by atoms with Crippen LogP contribution in [0.3, 0.4) is 0 Å². The van der Waals surface area contributed by atoms with Crippen molar-refractivity contribution in [3.63, 3.8) is 0 Å². The second-order valence-corrected chi connectivity index (χ2v) is 5.99. The molecule has 0 atom stereocenters. The summed E-state index contributed by atoms with van der Waals surface area (Å²) >= 11 is 0. The minimum atomic E-state index is -0.378. The van der Waals surface area contributed by atoms with Crippen LogP contribution in [-0.4, -0.2) is 45.0 Å². The predicted octanol–water partition coefficient (Wildman–Crippen LogP) is 3.36. The highest BCUT2D eigenvalue weighted by Gasteiger charge is 2.15. The molecular formula is C21H23N3O5. The van der Waals surface area contributed by atoms with Crippen molar-refractivity contribution in [1.29, 1.82) is 0 Å². The number of aromatic amines is 1. The lowest BCUT2D eigenvalue weighted by molar-refractivity contribution is 0.0951. The fourth-order valence-corrected chi connectivity index (χ4v) is 2.92. The summed E-state index contributed by atoms with van der Waals surface area (Å²) in [6.07, 6.45) is 1.53. The van der Waals surface area contributed by atoms with Crippen molar-refractivity contribution >= 4 is 23.0 Å². The highest BCUT2D eigenvalue weighted by molar-refractivity contribution is 6.00. The maximum absolute atomic E-state index is 12.4. The number of carbonyl (C=O) groups excluding carboxylic acids is 1. The molecule has 3 rings (SSSR count). The molecule has 1 amide bonds. The number of aromatic nitrogens is 1. The van der Waals surface area contributed by atoms with E-state index in [2.05, 4.69) is 15.5 Å². The quantitative estimate of drug-likeness (QED) is 0.449. The molecule has 0 bridgehead atoms. The molecule has 0 aliphatic rings. The van der Waals surface area contributed by atoms with Crippen LogP contribution in [0, 0.1) is 0 Å². The first-order chi connectivity index (χ1) is 14.1. The van der Waals surface area contributed by atoms with Crippen molar-refractivity contribution in [2.45, 2.75) is 6.92 Å². The standard InChI is InChI=1S/C21H23N3O5/c1-5-29-17-8-6-13(10-19(17)27-3)12-22-24-21(25)16-11-14-15(23-16)7-9-18(26-2)20(14)28-4/h6-12,23H,5H2,1-4H3,(H,24,25). The Kier molecular flexibility index (Phi) is 6.23. The summed E-state index contributed by atoms with van der Waals surface area (Å²) in [5.74, 6) is 2.02. The zero-order valence-electron chi connectivity index (χ0n) is 16.7. The minimum absolute atomic E-state index is 0.355. The summed E-state index contributed by atoms with van der Waals surface area (Å²) in [5.41, 5.74) is 4.38. The number of hydrogen-bond donors (Lipinski definition) is 2. The van der Waals surface area contributed by atoms with Crippen molar-refractivity contribution < 1.29 is 23.7 Å². The van der Waals surface area contributed by atoms with Crippen LogP contribution in [0.25, 0.3) is 10.9 Å². The van der Waals surface area contributed by atoms with Gasteiger partial charge in [-0.1, -0.05) is 0 Å². The summed E-state index contributed by atoms with van der Waals surface area (Å²) in [6.45, 7) is 2.45. The zero-order chi connectivity index (χ0) is 20.8. The van der Waals surface area contributed by atoms with Gasteiger partial charge in [0.05, 0.1) is 39.7 Å². The summed E-state index contributed by atoms with van der Waals surface area (Å²) in [4.78, 5) is 15.5. The van der Waals surface area contributed by atoms with Crippen LogP contribution in [0.15, 0.2) is 41.5 Å². The Morgan fingerprint density at radius 2 is 1.79 bits per heavy atom. The molecule has 0 fully saturated rings. The van der Waals surface area contributed by atoms with Crippen LogP contribution in [0.5, 0.6) is 23.0 Å². The molecule has 0 saturated carbocycles. The molecule has 0 saturated heterocycles. The Balaban J connectivity index is 1.75. The molecular weight excluding hydrogens is 374 g/mol. The van der Waals surface area contributed by atoms with E-state index >= 15 is 0 Å². The first-order valence-electron chi connectivity index (χ1n) is 8.99. The normalized spacial score (nSPS) is 10.9. The Bertz CT molecular complexity index is 1040. The van der Waals surface area contributed by atoms with E-state index in [1.165, 1.54) is 6.21 Å². The fourth-order valence-electron chi connectivity index (χ4n) is 2.92. The zero-order valence-corrected chi connectivity index (χ0v) is 16.7. The number of benzene rings is 2. The lowest BCUT2D eigenvalue weighted by atomic mass is 10.2. The molecule has 0 radical (unpaired) electrons. The second-order valence-electron chi connectivity index (χ2n) is 5.99. The highest BCUT2D eigenvalue weighted by Crippen LogP contribution is 2.35. The van der Waals surface area contributed by atoms with Crippen molar-refractivity contribution in [3.8, 4) is 23.0 Å². The number of hydrazone groups is 1. The van der Waals surface area contributed by atoms with Crippen molar-refractivity contribution in [2.75, 3.05) is 27.9 Å². The molecule has 0 spiro atoms. The van der Waals surface area contributed by atoms with E-state index in [0.29, 0.717) is 35.3 Å². The number of nitrogens with one attached hydrogen (secondary N) is 2. The molecule has 1 heterocycles. The van der Waals surface area contributed by atoms with Gasteiger partial charge in [-0.25, -0.2) is 5.43 Å². The number of H-pyrrole nitrogens is 1. The maximum Gasteiger partial charge on any atom is 0.287 e. The fraction of sp³-hybridized carbons (Fsp3) is 0.238. The van der Waals surface area contributed by atoms with Crippen LogP contribution in [0.4, 0.5) is 0 Å². The lowest BCUT2D eigenvalue weighted by Gasteiger charge is -2.09. The van der Waals surface area contributed by atoms with E-state index in [0.717, 1.165) is 16.5 Å². The molecule has 29 heavy (non-hydrogen) atoms. The van der Waals surface area contributed by atoms with Gasteiger partial charge >= 0.3 is 0 Å². The van der Waals surface area contributed by atoms with Gasteiger partial charge in [0.15, 0.2) is 23.0 Å². The minimum Gasteiger partial charge on any atom is -0.493 e. The van der Waals surface area contributed by atoms with Gasteiger partial charge in [-0.05, 0) is 48.9 Å². The van der Waals surface area contributed by atoms with Gasteiger partial charge in [0.25, 0.3) is 5.91 Å². The van der Waals surface area contributed by atoms with Crippen molar-refractivity contribution in [1.82, 2.24) is 10.4 Å². The molecule has 0 unspecified atom stereocenters. The number of amides is 1. The van der Waals surface area contributed by atoms with Gasteiger partial charge in [-0.15, -0.1) is 0 Å². The maximum atomic E-state index is 12.4. The Labute approximate surface area is 168 Å². The number of ether oxygens (including phenoxy) is 4. The molecule has 8 nitrogen and oxygen atoms in total. The van der Waals surface area contributed by atoms with Gasteiger partial charge in [0, 0.05) is 5.39 Å². The van der Waals surface area contributed by atoms with Crippen LogP contribution in [0.1, 0.15) is 23.0 Å². The summed E-state index contributed by atoms with van der Waals surface area (Å²) in [5, 5.41) is 4.77. The largest absolute Gasteiger partial charge is 0.493 e. The lowest BCUT2D eigenvalue weighted by Crippen LogP contribution is -2.17. The molecule has 2 aromatic carbocycles. The van der Waals surface area contributed by atoms with E-state index in [1.54, 1.807) is 45.6 Å². The SMILES string of the molecule is CCOc1ccc(C=NNC(=O)c2cc3c(OC)c(OC)ccc3[nH]2)cc1OC. The molecule has 0 aliphatic heterocycles. The first-order valence-corrected chi connectivity index (χ1v) is 8.99. The highest BCUT2D eigenvalue weighted by atomic mass is 16.5. The van der Waals surface area contributed by atoms with Crippen LogP contribution >= 0.6 is 0 Å². The van der Waals surface area contributed by atoms with Gasteiger partial charge in [0.2, 0.25) is 0 Å². The number of hydrogen-bond acceptors (Lipinski definition) is 6. The van der Waals surface area contributed by atoms with Gasteiger partial charge in [0.1, 0.15) is 5.69 Å². The summed E-state index contributed by atoms with van der Waals surface area (Å²) in [7, 11) is 4.69. The second kappa shape index (κ2) is 9.01. The van der Waals surface area contributed by atoms with Gasteiger partial charge in [-0.2, -0.15) is 5.10 Å². The number of rotatable bonds is 8. The number of fused-ring (bicyclic) bond motifs is 1. The van der Waals surface area contributed by atoms with E-state index in [-0.39, 0.29) is 5.91 Å². The Morgan fingerprint density at radius 3 is 2.48 bits per heavy atom. The third kappa shape index (κ3) is 4.26. The smallest absolute Gasteiger partial charge is 0.287 e. The molecule has 1 aromatic heterocycles. The average Bonchev–Trinajstić information content (AvgIpc) is 3.18. The molecule has 3 aromatic rings. The number of methoxy groups -OCH3 is 3.